The summed E-state index contributed by atoms with van der Waals surface area (Å²) >= 11 is 1.31. The van der Waals surface area contributed by atoms with Gasteiger partial charge in [-0.05, 0) is 48.0 Å². The maximum atomic E-state index is 12.5. The van der Waals surface area contributed by atoms with Gasteiger partial charge in [0.1, 0.15) is 5.04 Å². The van der Waals surface area contributed by atoms with Gasteiger partial charge in [-0.1, -0.05) is 36.4 Å². The van der Waals surface area contributed by atoms with Crippen molar-refractivity contribution in [2.45, 2.75) is 6.92 Å². The van der Waals surface area contributed by atoms with Gasteiger partial charge in [0.2, 0.25) is 5.17 Å². The molecule has 2 aromatic rings. The first-order chi connectivity index (χ1) is 13.4. The summed E-state index contributed by atoms with van der Waals surface area (Å²) < 4.78 is 0. The number of anilines is 1. The molecule has 1 amide bonds. The van der Waals surface area contributed by atoms with Gasteiger partial charge in [-0.2, -0.15) is 15.1 Å². The Morgan fingerprint density at radius 3 is 2.50 bits per heavy atom. The number of carbonyl (C=O) groups excluding carboxylic acids is 1. The molecule has 0 spiro atoms. The Kier molecular flexibility index (Phi) is 4.60. The molecule has 6 nitrogen and oxygen atoms in total. The van der Waals surface area contributed by atoms with E-state index >= 15 is 0 Å². The third kappa shape index (κ3) is 3.25. The van der Waals surface area contributed by atoms with Crippen molar-refractivity contribution in [3.8, 4) is 0 Å². The summed E-state index contributed by atoms with van der Waals surface area (Å²) in [5, 5.41) is 15.6. The molecule has 2 aliphatic heterocycles. The fraction of sp³-hybridized carbons (Fsp3) is 0.143. The number of benzene rings is 2. The molecule has 0 radical (unpaired) electrons. The number of amides is 1. The largest absolute Gasteiger partial charge is 0.378 e. The van der Waals surface area contributed by atoms with Crippen LogP contribution in [-0.2, 0) is 4.79 Å². The summed E-state index contributed by atoms with van der Waals surface area (Å²) in [6, 6.07) is 15.7. The number of nitrogens with zero attached hydrogens (tertiary/aromatic N) is 4. The monoisotopic (exact) mass is 389 g/mol. The minimum atomic E-state index is -0.415. The van der Waals surface area contributed by atoms with Crippen LogP contribution in [0.4, 0.5) is 5.69 Å². The molecule has 0 atom stereocenters. The molecule has 0 fully saturated rings. The van der Waals surface area contributed by atoms with Crippen LogP contribution in [0.5, 0.6) is 0 Å². The quantitative estimate of drug-likeness (QED) is 0.812. The summed E-state index contributed by atoms with van der Waals surface area (Å²) in [7, 11) is 3.94. The predicted molar refractivity (Wildman–Crippen MR) is 116 cm³/mol. The van der Waals surface area contributed by atoms with Gasteiger partial charge < -0.3 is 4.90 Å². The number of rotatable bonds is 3. The number of hydrazone groups is 1. The number of aliphatic imine (C=N–C) groups is 1. The molecule has 0 saturated carbocycles. The number of fused-ring (bicyclic) bond motifs is 1. The summed E-state index contributed by atoms with van der Waals surface area (Å²) in [5.41, 5.74) is 4.21. The van der Waals surface area contributed by atoms with Gasteiger partial charge in [-0.3, -0.25) is 10.2 Å². The van der Waals surface area contributed by atoms with Crippen LogP contribution < -0.4 is 4.90 Å². The van der Waals surface area contributed by atoms with Crippen LogP contribution in [0, 0.1) is 12.3 Å². The molecule has 2 heterocycles. The maximum Gasteiger partial charge on any atom is 0.283 e. The van der Waals surface area contributed by atoms with E-state index in [0.29, 0.717) is 5.17 Å². The lowest BCUT2D eigenvalue weighted by atomic mass is 10.1. The zero-order chi connectivity index (χ0) is 19.8. The van der Waals surface area contributed by atoms with Gasteiger partial charge >= 0.3 is 0 Å². The molecule has 4 rings (SSSR count). The zero-order valence-corrected chi connectivity index (χ0v) is 16.6. The Hall–Kier alpha value is -3.19. The summed E-state index contributed by atoms with van der Waals surface area (Å²) in [6.07, 6.45) is 1.69. The molecular formula is C21H19N5OS. The first-order valence-corrected chi connectivity index (χ1v) is 9.59. The Balaban J connectivity index is 1.66. The van der Waals surface area contributed by atoms with E-state index < -0.39 is 5.91 Å². The maximum absolute atomic E-state index is 12.5. The highest BCUT2D eigenvalue weighted by Gasteiger charge is 2.36. The molecule has 0 unspecified atom stereocenters. The molecule has 2 aromatic carbocycles. The molecule has 2 aliphatic rings. The number of nitrogens with one attached hydrogen (secondary N) is 1. The highest BCUT2D eigenvalue weighted by Crippen LogP contribution is 2.31. The Morgan fingerprint density at radius 1 is 1.11 bits per heavy atom. The van der Waals surface area contributed by atoms with Crippen LogP contribution in [-0.4, -0.2) is 41.1 Å². The molecule has 0 aromatic heterocycles. The summed E-state index contributed by atoms with van der Waals surface area (Å²) in [4.78, 5) is 18.7. The van der Waals surface area contributed by atoms with Gasteiger partial charge in [0, 0.05) is 25.3 Å². The summed E-state index contributed by atoms with van der Waals surface area (Å²) in [6.45, 7) is 2.01. The van der Waals surface area contributed by atoms with Crippen LogP contribution in [0.3, 0.4) is 0 Å². The standard InChI is InChI=1S/C21H19N5OS/c1-13-6-4-5-7-16(13)20-24-26-18(22)17(19(27)23-21(26)28-20)12-14-8-10-15(11-9-14)25(2)3/h4-12,22H,1-3H3/b17-12+,22-18?. The fourth-order valence-electron chi connectivity index (χ4n) is 2.95. The fourth-order valence-corrected chi connectivity index (χ4v) is 3.93. The number of hydrogen-bond donors (Lipinski definition) is 1. The Labute approximate surface area is 167 Å². The molecule has 0 aliphatic carbocycles. The first-order valence-electron chi connectivity index (χ1n) is 8.77. The lowest BCUT2D eigenvalue weighted by Gasteiger charge is -2.20. The number of aryl methyl sites for hydroxylation is 1. The van der Waals surface area contributed by atoms with E-state index in [1.807, 2.05) is 74.4 Å². The van der Waals surface area contributed by atoms with Crippen molar-refractivity contribution < 1.29 is 4.79 Å². The second-order valence-electron chi connectivity index (χ2n) is 6.73. The molecular weight excluding hydrogens is 370 g/mol. The van der Waals surface area contributed by atoms with E-state index in [1.165, 1.54) is 16.8 Å². The minimum Gasteiger partial charge on any atom is -0.378 e. The Bertz CT molecular complexity index is 1070. The third-order valence-electron chi connectivity index (χ3n) is 4.55. The molecule has 0 bridgehead atoms. The normalized spacial score (nSPS) is 17.5. The van der Waals surface area contributed by atoms with Crippen LogP contribution in [0.15, 0.2) is 64.2 Å². The van der Waals surface area contributed by atoms with E-state index in [2.05, 4.69) is 10.1 Å². The lowest BCUT2D eigenvalue weighted by Crippen LogP contribution is -2.35. The minimum absolute atomic E-state index is 0.0442. The van der Waals surface area contributed by atoms with E-state index in [4.69, 9.17) is 5.41 Å². The van der Waals surface area contributed by atoms with Crippen LogP contribution >= 0.6 is 11.8 Å². The number of amidine groups is 2. The van der Waals surface area contributed by atoms with Crippen molar-refractivity contribution in [2.24, 2.45) is 10.1 Å². The number of carbonyl (C=O) groups is 1. The van der Waals surface area contributed by atoms with E-state index in [0.717, 1.165) is 27.4 Å². The topological polar surface area (TPSA) is 72.1 Å². The van der Waals surface area contributed by atoms with Gasteiger partial charge in [-0.25, -0.2) is 0 Å². The molecule has 140 valence electrons. The average Bonchev–Trinajstić information content (AvgIpc) is 3.09. The second kappa shape index (κ2) is 7.09. The van der Waals surface area contributed by atoms with E-state index in [9.17, 15) is 4.79 Å². The average molecular weight is 389 g/mol. The van der Waals surface area contributed by atoms with Gasteiger partial charge in [-0.15, -0.1) is 0 Å². The first kappa shape index (κ1) is 18.2. The van der Waals surface area contributed by atoms with Crippen LogP contribution in [0.1, 0.15) is 16.7 Å². The lowest BCUT2D eigenvalue weighted by molar-refractivity contribution is -0.114. The number of hydrogen-bond acceptors (Lipinski definition) is 5. The molecule has 7 heteroatoms. The van der Waals surface area contributed by atoms with E-state index in [1.54, 1.807) is 6.08 Å². The highest BCUT2D eigenvalue weighted by molar-refractivity contribution is 8.27. The van der Waals surface area contributed by atoms with Crippen molar-refractivity contribution in [3.05, 3.63) is 70.8 Å². The van der Waals surface area contributed by atoms with Crippen LogP contribution in [0.25, 0.3) is 6.08 Å². The highest BCUT2D eigenvalue weighted by atomic mass is 32.2. The predicted octanol–water partition coefficient (Wildman–Crippen LogP) is 3.73. The van der Waals surface area contributed by atoms with Crippen LogP contribution in [0.2, 0.25) is 0 Å². The number of thioether (sulfide) groups is 1. The van der Waals surface area contributed by atoms with Crippen molar-refractivity contribution in [1.29, 1.82) is 5.41 Å². The van der Waals surface area contributed by atoms with E-state index in [-0.39, 0.29) is 11.4 Å². The van der Waals surface area contributed by atoms with Crippen molar-refractivity contribution in [1.82, 2.24) is 5.01 Å². The third-order valence-corrected chi connectivity index (χ3v) is 5.49. The molecule has 1 N–H and O–H groups in total. The zero-order valence-electron chi connectivity index (χ0n) is 15.8. The Morgan fingerprint density at radius 2 is 1.82 bits per heavy atom. The smallest absolute Gasteiger partial charge is 0.283 e. The molecule has 28 heavy (non-hydrogen) atoms. The van der Waals surface area contributed by atoms with Crippen molar-refractivity contribution in [2.75, 3.05) is 19.0 Å². The second-order valence-corrected chi connectivity index (χ2v) is 7.68. The van der Waals surface area contributed by atoms with Gasteiger partial charge in [0.15, 0.2) is 5.84 Å². The van der Waals surface area contributed by atoms with Gasteiger partial charge in [0.25, 0.3) is 5.91 Å². The van der Waals surface area contributed by atoms with Crippen molar-refractivity contribution in [3.63, 3.8) is 0 Å². The molecule has 0 saturated heterocycles. The SMILES string of the molecule is Cc1ccccc1C1=NN2C(=N)/C(=C\c3ccc(N(C)C)cc3)C(=O)N=C2S1. The summed E-state index contributed by atoms with van der Waals surface area (Å²) in [5.74, 6) is -0.371. The van der Waals surface area contributed by atoms with Gasteiger partial charge in [0.05, 0.1) is 5.57 Å². The van der Waals surface area contributed by atoms with Crippen molar-refractivity contribution >= 4 is 45.5 Å².